The maximum Gasteiger partial charge on any atom is 0.203 e. The molecular formula is C22H28Br2O3S. The molecule has 0 fully saturated rings. The van der Waals surface area contributed by atoms with E-state index in [9.17, 15) is 0 Å². The third-order valence-corrected chi connectivity index (χ3v) is 6.75. The zero-order valence-electron chi connectivity index (χ0n) is 16.7. The van der Waals surface area contributed by atoms with E-state index in [2.05, 4.69) is 50.9 Å². The quantitative estimate of drug-likeness (QED) is 0.258. The molecule has 2 aromatic rings. The van der Waals surface area contributed by atoms with E-state index < -0.39 is 0 Å². The third kappa shape index (κ3) is 7.12. The Morgan fingerprint density at radius 2 is 1.54 bits per heavy atom. The van der Waals surface area contributed by atoms with Crippen molar-refractivity contribution in [3.8, 4) is 17.2 Å². The Morgan fingerprint density at radius 1 is 0.893 bits per heavy atom. The summed E-state index contributed by atoms with van der Waals surface area (Å²) in [4.78, 5) is 0. The van der Waals surface area contributed by atoms with Crippen LogP contribution >= 0.6 is 43.2 Å². The van der Waals surface area contributed by atoms with Crippen molar-refractivity contribution in [1.82, 2.24) is 0 Å². The van der Waals surface area contributed by atoms with Gasteiger partial charge in [0.1, 0.15) is 0 Å². The number of benzene rings is 1. The SMILES string of the molecule is CCCCCCCCOc1c(OC)cc(/C=C/c2cc(Br)sc2Br)cc1OC. The van der Waals surface area contributed by atoms with Crippen LogP contribution in [0.25, 0.3) is 12.2 Å². The second-order valence-corrected chi connectivity index (χ2v) is 10.2. The zero-order chi connectivity index (χ0) is 20.4. The highest BCUT2D eigenvalue weighted by molar-refractivity contribution is 9.12. The number of hydrogen-bond donors (Lipinski definition) is 0. The minimum atomic E-state index is 0.671. The average molecular weight is 532 g/mol. The fourth-order valence-electron chi connectivity index (χ4n) is 2.85. The molecule has 0 amide bonds. The van der Waals surface area contributed by atoms with E-state index in [-0.39, 0.29) is 0 Å². The molecule has 1 aromatic heterocycles. The van der Waals surface area contributed by atoms with Gasteiger partial charge in [-0.3, -0.25) is 0 Å². The fourth-order valence-corrected chi connectivity index (χ4v) is 5.60. The first kappa shape index (κ1) is 23.3. The number of unbranched alkanes of at least 4 members (excludes halogenated alkanes) is 5. The molecular weight excluding hydrogens is 504 g/mol. The van der Waals surface area contributed by atoms with Gasteiger partial charge >= 0.3 is 0 Å². The van der Waals surface area contributed by atoms with Gasteiger partial charge in [-0.15, -0.1) is 11.3 Å². The number of hydrogen-bond acceptors (Lipinski definition) is 4. The van der Waals surface area contributed by atoms with E-state index in [4.69, 9.17) is 14.2 Å². The molecule has 0 atom stereocenters. The number of ether oxygens (including phenoxy) is 3. The van der Waals surface area contributed by atoms with Crippen LogP contribution in [0, 0.1) is 0 Å². The van der Waals surface area contributed by atoms with Crippen molar-refractivity contribution in [3.63, 3.8) is 0 Å². The molecule has 0 saturated heterocycles. The van der Waals surface area contributed by atoms with Crippen LogP contribution in [-0.2, 0) is 0 Å². The van der Waals surface area contributed by atoms with Gasteiger partial charge in [0.2, 0.25) is 5.75 Å². The van der Waals surface area contributed by atoms with Gasteiger partial charge in [0.15, 0.2) is 11.5 Å². The summed E-state index contributed by atoms with van der Waals surface area (Å²) >= 11 is 8.74. The monoisotopic (exact) mass is 530 g/mol. The average Bonchev–Trinajstić information content (AvgIpc) is 3.02. The molecule has 28 heavy (non-hydrogen) atoms. The van der Waals surface area contributed by atoms with Gasteiger partial charge < -0.3 is 14.2 Å². The summed E-state index contributed by atoms with van der Waals surface area (Å²) in [6.45, 7) is 2.91. The second-order valence-electron chi connectivity index (χ2n) is 6.48. The number of rotatable bonds is 12. The molecule has 2 rings (SSSR count). The van der Waals surface area contributed by atoms with E-state index in [0.29, 0.717) is 23.9 Å². The highest BCUT2D eigenvalue weighted by Gasteiger charge is 2.13. The summed E-state index contributed by atoms with van der Waals surface area (Å²) in [7, 11) is 3.32. The molecule has 0 aliphatic carbocycles. The van der Waals surface area contributed by atoms with Crippen LogP contribution in [0.4, 0.5) is 0 Å². The molecule has 0 spiro atoms. The highest BCUT2D eigenvalue weighted by atomic mass is 79.9. The Balaban J connectivity index is 2.05. The third-order valence-electron chi connectivity index (χ3n) is 4.37. The van der Waals surface area contributed by atoms with Crippen LogP contribution < -0.4 is 14.2 Å². The normalized spacial score (nSPS) is 11.2. The summed E-state index contributed by atoms with van der Waals surface area (Å²) < 4.78 is 19.3. The first-order valence-electron chi connectivity index (χ1n) is 9.60. The minimum absolute atomic E-state index is 0.671. The van der Waals surface area contributed by atoms with Gasteiger partial charge in [0, 0.05) is 5.56 Å². The van der Waals surface area contributed by atoms with E-state index in [1.54, 1.807) is 25.6 Å². The smallest absolute Gasteiger partial charge is 0.203 e. The molecule has 0 saturated carbocycles. The number of thiophene rings is 1. The standard InChI is InChI=1S/C22H28Br2O3S/c1-4-5-6-7-8-9-12-27-21-18(25-2)13-16(14-19(21)26-3)10-11-17-15-20(23)28-22(17)24/h10-11,13-15H,4-9,12H2,1-3H3/b11-10+. The Kier molecular flexibility index (Phi) is 10.4. The van der Waals surface area contributed by atoms with Crippen LogP contribution in [-0.4, -0.2) is 20.8 Å². The van der Waals surface area contributed by atoms with Crippen molar-refractivity contribution in [2.24, 2.45) is 0 Å². The minimum Gasteiger partial charge on any atom is -0.493 e. The van der Waals surface area contributed by atoms with Gasteiger partial charge in [-0.1, -0.05) is 51.2 Å². The first-order chi connectivity index (χ1) is 13.6. The van der Waals surface area contributed by atoms with Crippen LogP contribution in [0.5, 0.6) is 17.2 Å². The van der Waals surface area contributed by atoms with Gasteiger partial charge in [0.05, 0.1) is 28.4 Å². The fraction of sp³-hybridized carbons (Fsp3) is 0.455. The van der Waals surface area contributed by atoms with Crippen LogP contribution in [0.2, 0.25) is 0 Å². The zero-order valence-corrected chi connectivity index (χ0v) is 20.7. The topological polar surface area (TPSA) is 27.7 Å². The number of methoxy groups -OCH3 is 2. The van der Waals surface area contributed by atoms with Gasteiger partial charge in [0.25, 0.3) is 0 Å². The Hall–Kier alpha value is -0.980. The van der Waals surface area contributed by atoms with Gasteiger partial charge in [-0.2, -0.15) is 0 Å². The van der Waals surface area contributed by atoms with Crippen molar-refractivity contribution < 1.29 is 14.2 Å². The van der Waals surface area contributed by atoms with Crippen LogP contribution in [0.15, 0.2) is 25.8 Å². The molecule has 0 bridgehead atoms. The molecule has 1 heterocycles. The molecule has 0 aliphatic heterocycles. The van der Waals surface area contributed by atoms with E-state index >= 15 is 0 Å². The van der Waals surface area contributed by atoms with Crippen molar-refractivity contribution >= 4 is 55.3 Å². The van der Waals surface area contributed by atoms with Crippen molar-refractivity contribution in [1.29, 1.82) is 0 Å². The lowest BCUT2D eigenvalue weighted by molar-refractivity contribution is 0.267. The molecule has 3 nitrogen and oxygen atoms in total. The molecule has 0 aliphatic rings. The molecule has 154 valence electrons. The van der Waals surface area contributed by atoms with Gasteiger partial charge in [-0.05, 0) is 62.0 Å². The van der Waals surface area contributed by atoms with Crippen molar-refractivity contribution in [3.05, 3.63) is 36.9 Å². The second kappa shape index (κ2) is 12.6. The molecule has 6 heteroatoms. The van der Waals surface area contributed by atoms with Gasteiger partial charge in [-0.25, -0.2) is 0 Å². The van der Waals surface area contributed by atoms with Crippen LogP contribution in [0.1, 0.15) is 56.6 Å². The van der Waals surface area contributed by atoms with E-state index in [1.165, 1.54) is 32.1 Å². The van der Waals surface area contributed by atoms with Crippen molar-refractivity contribution in [2.75, 3.05) is 20.8 Å². The lowest BCUT2D eigenvalue weighted by atomic mass is 10.1. The summed E-state index contributed by atoms with van der Waals surface area (Å²) in [5.41, 5.74) is 2.12. The van der Waals surface area contributed by atoms with Crippen LogP contribution in [0.3, 0.4) is 0 Å². The Bertz CT molecular complexity index is 746. The molecule has 1 aromatic carbocycles. The lowest BCUT2D eigenvalue weighted by Crippen LogP contribution is -2.02. The van der Waals surface area contributed by atoms with Crippen molar-refractivity contribution in [2.45, 2.75) is 45.4 Å². The summed E-state index contributed by atoms with van der Waals surface area (Å²) in [5.74, 6) is 2.06. The lowest BCUT2D eigenvalue weighted by Gasteiger charge is -2.15. The predicted octanol–water partition coefficient (Wildman–Crippen LogP) is 8.20. The summed E-state index contributed by atoms with van der Waals surface area (Å²) in [6.07, 6.45) is 11.5. The summed E-state index contributed by atoms with van der Waals surface area (Å²) in [5, 5.41) is 0. The highest BCUT2D eigenvalue weighted by Crippen LogP contribution is 2.39. The van der Waals surface area contributed by atoms with E-state index in [0.717, 1.165) is 25.1 Å². The predicted molar refractivity (Wildman–Crippen MR) is 127 cm³/mol. The molecule has 0 unspecified atom stereocenters. The Morgan fingerprint density at radius 3 is 2.11 bits per heavy atom. The largest absolute Gasteiger partial charge is 0.493 e. The Labute approximate surface area is 189 Å². The molecule has 0 radical (unpaired) electrons. The summed E-state index contributed by atoms with van der Waals surface area (Å²) in [6, 6.07) is 6.04. The molecule has 0 N–H and O–H groups in total. The van der Waals surface area contributed by atoms with E-state index in [1.807, 2.05) is 18.2 Å². The maximum absolute atomic E-state index is 6.01. The first-order valence-corrected chi connectivity index (χ1v) is 12.0. The number of halogens is 2. The maximum atomic E-state index is 6.01.